The average molecular weight is 285 g/mol. The number of hydrogen-bond acceptors (Lipinski definition) is 4. The SMILES string of the molecule is CC1CCN(c2ncc(Br)cn2)C(CN)C1. The van der Waals surface area contributed by atoms with Gasteiger partial charge in [0.05, 0.1) is 4.47 Å². The summed E-state index contributed by atoms with van der Waals surface area (Å²) in [6.45, 7) is 3.96. The number of nitrogens with zero attached hydrogens (tertiary/aromatic N) is 3. The topological polar surface area (TPSA) is 55.0 Å². The molecule has 0 aliphatic carbocycles. The molecule has 0 amide bonds. The first-order valence-electron chi connectivity index (χ1n) is 5.65. The Morgan fingerprint density at radius 1 is 1.50 bits per heavy atom. The Balaban J connectivity index is 2.15. The van der Waals surface area contributed by atoms with Crippen LogP contribution in [0.1, 0.15) is 19.8 Å². The minimum absolute atomic E-state index is 0.380. The van der Waals surface area contributed by atoms with E-state index < -0.39 is 0 Å². The fraction of sp³-hybridized carbons (Fsp3) is 0.636. The predicted octanol–water partition coefficient (Wildman–Crippen LogP) is 1.80. The van der Waals surface area contributed by atoms with Gasteiger partial charge in [-0.05, 0) is 34.7 Å². The summed E-state index contributed by atoms with van der Waals surface area (Å²) in [6, 6.07) is 0.380. The van der Waals surface area contributed by atoms with Crippen LogP contribution in [-0.2, 0) is 0 Å². The fourth-order valence-electron chi connectivity index (χ4n) is 2.19. The Bertz CT molecular complexity index is 340. The molecule has 1 aliphatic rings. The van der Waals surface area contributed by atoms with E-state index in [4.69, 9.17) is 5.73 Å². The van der Waals surface area contributed by atoms with E-state index in [1.807, 2.05) is 0 Å². The van der Waals surface area contributed by atoms with Gasteiger partial charge in [0.2, 0.25) is 5.95 Å². The Labute approximate surface area is 104 Å². The lowest BCUT2D eigenvalue weighted by Gasteiger charge is -2.37. The zero-order valence-electron chi connectivity index (χ0n) is 9.43. The Hall–Kier alpha value is -0.680. The Morgan fingerprint density at radius 3 is 2.81 bits per heavy atom. The Morgan fingerprint density at radius 2 is 2.19 bits per heavy atom. The number of halogens is 1. The van der Waals surface area contributed by atoms with Crippen molar-refractivity contribution >= 4 is 21.9 Å². The molecule has 2 N–H and O–H groups in total. The summed E-state index contributed by atoms with van der Waals surface area (Å²) in [5, 5.41) is 0. The van der Waals surface area contributed by atoms with Crippen LogP contribution in [-0.4, -0.2) is 29.1 Å². The van der Waals surface area contributed by atoms with Gasteiger partial charge >= 0.3 is 0 Å². The van der Waals surface area contributed by atoms with Crippen LogP contribution in [0.4, 0.5) is 5.95 Å². The molecule has 1 saturated heterocycles. The van der Waals surface area contributed by atoms with Crippen LogP contribution < -0.4 is 10.6 Å². The lowest BCUT2D eigenvalue weighted by atomic mass is 9.93. The molecule has 0 spiro atoms. The summed E-state index contributed by atoms with van der Waals surface area (Å²) in [7, 11) is 0. The molecule has 1 fully saturated rings. The van der Waals surface area contributed by atoms with Gasteiger partial charge in [0.1, 0.15) is 0 Å². The second kappa shape index (κ2) is 5.10. The average Bonchev–Trinajstić information content (AvgIpc) is 2.30. The molecule has 1 aliphatic heterocycles. The third kappa shape index (κ3) is 2.52. The van der Waals surface area contributed by atoms with Crippen molar-refractivity contribution < 1.29 is 0 Å². The van der Waals surface area contributed by atoms with Crippen LogP contribution in [0, 0.1) is 5.92 Å². The summed E-state index contributed by atoms with van der Waals surface area (Å²) >= 11 is 3.34. The van der Waals surface area contributed by atoms with E-state index in [2.05, 4.69) is 37.7 Å². The van der Waals surface area contributed by atoms with Crippen molar-refractivity contribution in [1.82, 2.24) is 9.97 Å². The van der Waals surface area contributed by atoms with Gasteiger partial charge in [-0.25, -0.2) is 9.97 Å². The molecule has 5 heteroatoms. The van der Waals surface area contributed by atoms with Crippen molar-refractivity contribution in [2.45, 2.75) is 25.8 Å². The quantitative estimate of drug-likeness (QED) is 0.900. The van der Waals surface area contributed by atoms with Gasteiger partial charge in [-0.15, -0.1) is 0 Å². The van der Waals surface area contributed by atoms with E-state index in [0.717, 1.165) is 29.3 Å². The largest absolute Gasteiger partial charge is 0.337 e. The minimum atomic E-state index is 0.380. The first kappa shape index (κ1) is 11.8. The lowest BCUT2D eigenvalue weighted by Crippen LogP contribution is -2.47. The highest BCUT2D eigenvalue weighted by atomic mass is 79.9. The van der Waals surface area contributed by atoms with Crippen LogP contribution in [0.25, 0.3) is 0 Å². The zero-order chi connectivity index (χ0) is 11.5. The fourth-order valence-corrected chi connectivity index (χ4v) is 2.40. The zero-order valence-corrected chi connectivity index (χ0v) is 11.0. The maximum absolute atomic E-state index is 5.82. The standard InChI is InChI=1S/C11H17BrN4/c1-8-2-3-16(10(4-8)5-13)11-14-6-9(12)7-15-11/h6-8,10H,2-5,13H2,1H3. The first-order chi connectivity index (χ1) is 7.70. The van der Waals surface area contributed by atoms with Crippen LogP contribution in [0.15, 0.2) is 16.9 Å². The normalized spacial score (nSPS) is 25.8. The maximum Gasteiger partial charge on any atom is 0.225 e. The molecule has 1 aromatic rings. The molecule has 0 radical (unpaired) electrons. The molecule has 2 heterocycles. The summed E-state index contributed by atoms with van der Waals surface area (Å²) in [6.07, 6.45) is 5.90. The van der Waals surface area contributed by atoms with Gasteiger partial charge in [-0.2, -0.15) is 0 Å². The number of aromatic nitrogens is 2. The second-order valence-electron chi connectivity index (χ2n) is 4.41. The molecule has 0 bridgehead atoms. The van der Waals surface area contributed by atoms with Gasteiger partial charge in [0, 0.05) is 31.5 Å². The van der Waals surface area contributed by atoms with Crippen molar-refractivity contribution in [3.05, 3.63) is 16.9 Å². The third-order valence-electron chi connectivity index (χ3n) is 3.11. The molecule has 88 valence electrons. The van der Waals surface area contributed by atoms with Crippen molar-refractivity contribution in [3.8, 4) is 0 Å². The summed E-state index contributed by atoms with van der Waals surface area (Å²) in [4.78, 5) is 10.9. The molecule has 2 unspecified atom stereocenters. The van der Waals surface area contributed by atoms with Crippen molar-refractivity contribution in [1.29, 1.82) is 0 Å². The molecule has 2 rings (SSSR count). The number of nitrogens with two attached hydrogens (primary N) is 1. The highest BCUT2D eigenvalue weighted by Gasteiger charge is 2.26. The smallest absolute Gasteiger partial charge is 0.225 e. The van der Waals surface area contributed by atoms with Crippen LogP contribution in [0.3, 0.4) is 0 Å². The van der Waals surface area contributed by atoms with Crippen molar-refractivity contribution in [2.75, 3.05) is 18.0 Å². The van der Waals surface area contributed by atoms with E-state index in [1.54, 1.807) is 12.4 Å². The molecule has 1 aromatic heterocycles. The molecule has 0 aromatic carbocycles. The molecular formula is C11H17BrN4. The van der Waals surface area contributed by atoms with E-state index >= 15 is 0 Å². The second-order valence-corrected chi connectivity index (χ2v) is 5.33. The molecular weight excluding hydrogens is 268 g/mol. The summed E-state index contributed by atoms with van der Waals surface area (Å²) in [5.74, 6) is 1.55. The maximum atomic E-state index is 5.82. The molecule has 0 saturated carbocycles. The number of rotatable bonds is 2. The van der Waals surface area contributed by atoms with Gasteiger partial charge in [0.15, 0.2) is 0 Å². The van der Waals surface area contributed by atoms with E-state index in [9.17, 15) is 0 Å². The third-order valence-corrected chi connectivity index (χ3v) is 3.52. The first-order valence-corrected chi connectivity index (χ1v) is 6.44. The Kier molecular flexibility index (Phi) is 3.76. The monoisotopic (exact) mass is 284 g/mol. The van der Waals surface area contributed by atoms with Gasteiger partial charge < -0.3 is 10.6 Å². The predicted molar refractivity (Wildman–Crippen MR) is 68.3 cm³/mol. The van der Waals surface area contributed by atoms with Gasteiger partial charge in [-0.3, -0.25) is 0 Å². The van der Waals surface area contributed by atoms with Crippen LogP contribution in [0.2, 0.25) is 0 Å². The minimum Gasteiger partial charge on any atom is -0.337 e. The number of anilines is 1. The van der Waals surface area contributed by atoms with Crippen molar-refractivity contribution in [3.63, 3.8) is 0 Å². The highest BCUT2D eigenvalue weighted by Crippen LogP contribution is 2.25. The van der Waals surface area contributed by atoms with Crippen LogP contribution in [0.5, 0.6) is 0 Å². The molecule has 2 atom stereocenters. The van der Waals surface area contributed by atoms with E-state index in [-0.39, 0.29) is 0 Å². The number of piperidine rings is 1. The highest BCUT2D eigenvalue weighted by molar-refractivity contribution is 9.10. The summed E-state index contributed by atoms with van der Waals surface area (Å²) < 4.78 is 0.908. The number of hydrogen-bond donors (Lipinski definition) is 1. The summed E-state index contributed by atoms with van der Waals surface area (Å²) in [5.41, 5.74) is 5.82. The van der Waals surface area contributed by atoms with E-state index in [1.165, 1.54) is 6.42 Å². The van der Waals surface area contributed by atoms with Crippen molar-refractivity contribution in [2.24, 2.45) is 11.7 Å². The van der Waals surface area contributed by atoms with Gasteiger partial charge in [0.25, 0.3) is 0 Å². The van der Waals surface area contributed by atoms with E-state index in [0.29, 0.717) is 12.6 Å². The lowest BCUT2D eigenvalue weighted by molar-refractivity contribution is 0.363. The molecule has 4 nitrogen and oxygen atoms in total. The van der Waals surface area contributed by atoms with Gasteiger partial charge in [-0.1, -0.05) is 6.92 Å². The molecule has 16 heavy (non-hydrogen) atoms. The van der Waals surface area contributed by atoms with Crippen LogP contribution >= 0.6 is 15.9 Å².